The van der Waals surface area contributed by atoms with Gasteiger partial charge in [0.05, 0.1) is 6.04 Å². The molecule has 17 heavy (non-hydrogen) atoms. The Morgan fingerprint density at radius 3 is 3.06 bits per heavy atom. The van der Waals surface area contributed by atoms with Crippen LogP contribution in [0.2, 0.25) is 0 Å². The first-order valence-electron chi connectivity index (χ1n) is 5.73. The first kappa shape index (κ1) is 12.0. The van der Waals surface area contributed by atoms with Crippen LogP contribution in [-0.2, 0) is 4.79 Å². The van der Waals surface area contributed by atoms with Gasteiger partial charge in [-0.05, 0) is 30.7 Å². The topological polar surface area (TPSA) is 58.4 Å². The van der Waals surface area contributed by atoms with Crippen LogP contribution in [0.1, 0.15) is 24.4 Å². The van der Waals surface area contributed by atoms with E-state index in [0.717, 1.165) is 12.0 Å². The smallest absolute Gasteiger partial charge is 0.238 e. The molecule has 4 nitrogen and oxygen atoms in total. The first-order valence-corrected chi connectivity index (χ1v) is 5.73. The number of nitrogens with one attached hydrogen (secondary N) is 1. The van der Waals surface area contributed by atoms with Crippen LogP contribution in [0.4, 0.5) is 4.39 Å². The van der Waals surface area contributed by atoms with Crippen molar-refractivity contribution in [2.45, 2.75) is 18.9 Å². The van der Waals surface area contributed by atoms with Gasteiger partial charge in [0.15, 0.2) is 0 Å². The maximum absolute atomic E-state index is 13.1. The number of benzene rings is 1. The summed E-state index contributed by atoms with van der Waals surface area (Å²) in [6.45, 7) is 1.15. The predicted octanol–water partition coefficient (Wildman–Crippen LogP) is 0.952. The Hall–Kier alpha value is -1.46. The molecule has 1 amide bonds. The minimum Gasteiger partial charge on any atom is -0.330 e. The molecule has 3 N–H and O–H groups in total. The van der Waals surface area contributed by atoms with Gasteiger partial charge in [0.25, 0.3) is 0 Å². The Morgan fingerprint density at radius 1 is 1.53 bits per heavy atom. The van der Waals surface area contributed by atoms with Crippen molar-refractivity contribution < 1.29 is 9.18 Å². The van der Waals surface area contributed by atoms with Gasteiger partial charge in [0.2, 0.25) is 5.91 Å². The molecule has 5 heteroatoms. The molecule has 0 saturated carbocycles. The van der Waals surface area contributed by atoms with Crippen molar-refractivity contribution in [2.75, 3.05) is 13.1 Å². The van der Waals surface area contributed by atoms with Crippen molar-refractivity contribution in [3.63, 3.8) is 0 Å². The lowest BCUT2D eigenvalue weighted by Crippen LogP contribution is -2.36. The third-order valence-corrected chi connectivity index (χ3v) is 2.83. The lowest BCUT2D eigenvalue weighted by atomic mass is 10.1. The summed E-state index contributed by atoms with van der Waals surface area (Å²) in [5.41, 5.74) is 9.28. The summed E-state index contributed by atoms with van der Waals surface area (Å²) in [7, 11) is 0. The zero-order valence-electron chi connectivity index (χ0n) is 9.53. The first-order chi connectivity index (χ1) is 8.20. The van der Waals surface area contributed by atoms with E-state index >= 15 is 0 Å². The summed E-state index contributed by atoms with van der Waals surface area (Å²) in [4.78, 5) is 11.7. The minimum atomic E-state index is -0.280. The number of halogens is 1. The summed E-state index contributed by atoms with van der Waals surface area (Å²) in [6, 6.07) is 6.19. The average molecular weight is 237 g/mol. The van der Waals surface area contributed by atoms with E-state index < -0.39 is 0 Å². The van der Waals surface area contributed by atoms with Gasteiger partial charge < -0.3 is 5.73 Å². The Bertz CT molecular complexity index is 410. The molecule has 0 aromatic heterocycles. The highest BCUT2D eigenvalue weighted by atomic mass is 19.1. The molecular weight excluding hydrogens is 221 g/mol. The SMILES string of the molecule is NCCCN1NC(c2cccc(F)c2)CC1=O. The second kappa shape index (κ2) is 5.25. The summed E-state index contributed by atoms with van der Waals surface area (Å²) < 4.78 is 13.1. The van der Waals surface area contributed by atoms with E-state index in [1.165, 1.54) is 12.1 Å². The molecule has 0 spiro atoms. The van der Waals surface area contributed by atoms with Gasteiger partial charge in [0.1, 0.15) is 5.82 Å². The Morgan fingerprint density at radius 2 is 2.35 bits per heavy atom. The third-order valence-electron chi connectivity index (χ3n) is 2.83. The number of hydrazine groups is 1. The largest absolute Gasteiger partial charge is 0.330 e. The molecule has 1 heterocycles. The standard InChI is InChI=1S/C12H16FN3O/c13-10-4-1-3-9(7-10)11-8-12(17)16(15-11)6-2-5-14/h1,3-4,7,11,15H,2,5-6,8,14H2. The van der Waals surface area contributed by atoms with Crippen LogP contribution in [-0.4, -0.2) is 24.0 Å². The number of hydrogen-bond acceptors (Lipinski definition) is 3. The highest BCUT2D eigenvalue weighted by Crippen LogP contribution is 2.24. The summed E-state index contributed by atoms with van der Waals surface area (Å²) >= 11 is 0. The van der Waals surface area contributed by atoms with Crippen LogP contribution in [0.25, 0.3) is 0 Å². The summed E-state index contributed by atoms with van der Waals surface area (Å²) in [5.74, 6) is -0.245. The second-order valence-electron chi connectivity index (χ2n) is 4.13. The van der Waals surface area contributed by atoms with E-state index in [4.69, 9.17) is 5.73 Å². The number of nitrogens with two attached hydrogens (primary N) is 1. The summed E-state index contributed by atoms with van der Waals surface area (Å²) in [5, 5.41) is 1.57. The predicted molar refractivity (Wildman–Crippen MR) is 62.3 cm³/mol. The zero-order chi connectivity index (χ0) is 12.3. The van der Waals surface area contributed by atoms with Gasteiger partial charge in [-0.3, -0.25) is 9.80 Å². The van der Waals surface area contributed by atoms with Gasteiger partial charge in [-0.2, -0.15) is 0 Å². The second-order valence-corrected chi connectivity index (χ2v) is 4.13. The Kier molecular flexibility index (Phi) is 3.71. The van der Waals surface area contributed by atoms with E-state index in [0.29, 0.717) is 19.5 Å². The molecule has 1 aromatic carbocycles. The van der Waals surface area contributed by atoms with Gasteiger partial charge in [-0.15, -0.1) is 0 Å². The van der Waals surface area contributed by atoms with Crippen LogP contribution in [0.3, 0.4) is 0 Å². The van der Waals surface area contributed by atoms with Gasteiger partial charge in [-0.1, -0.05) is 12.1 Å². The van der Waals surface area contributed by atoms with Crippen LogP contribution < -0.4 is 11.2 Å². The highest BCUT2D eigenvalue weighted by molar-refractivity contribution is 5.78. The quantitative estimate of drug-likeness (QED) is 0.819. The molecule has 1 atom stereocenters. The van der Waals surface area contributed by atoms with Gasteiger partial charge >= 0.3 is 0 Å². The molecule has 1 aliphatic heterocycles. The van der Waals surface area contributed by atoms with Crippen LogP contribution in [0.5, 0.6) is 0 Å². The van der Waals surface area contributed by atoms with Crippen LogP contribution in [0.15, 0.2) is 24.3 Å². The fourth-order valence-electron chi connectivity index (χ4n) is 1.94. The van der Waals surface area contributed by atoms with Crippen molar-refractivity contribution in [3.8, 4) is 0 Å². The Labute approximate surface area is 99.6 Å². The van der Waals surface area contributed by atoms with Crippen molar-refractivity contribution >= 4 is 5.91 Å². The van der Waals surface area contributed by atoms with Crippen molar-refractivity contribution in [1.29, 1.82) is 0 Å². The van der Waals surface area contributed by atoms with E-state index in [2.05, 4.69) is 5.43 Å². The van der Waals surface area contributed by atoms with Crippen LogP contribution >= 0.6 is 0 Å². The fraction of sp³-hybridized carbons (Fsp3) is 0.417. The molecule has 1 unspecified atom stereocenters. The molecule has 0 aliphatic carbocycles. The number of carbonyl (C=O) groups is 1. The minimum absolute atomic E-state index is 0.0349. The van der Waals surface area contributed by atoms with Crippen LogP contribution in [0, 0.1) is 5.82 Å². The van der Waals surface area contributed by atoms with Crippen molar-refractivity contribution in [1.82, 2.24) is 10.4 Å². The molecule has 1 aliphatic rings. The van der Waals surface area contributed by atoms with Gasteiger partial charge in [-0.25, -0.2) is 9.82 Å². The highest BCUT2D eigenvalue weighted by Gasteiger charge is 2.29. The molecule has 2 rings (SSSR count). The molecule has 1 aromatic rings. The number of carbonyl (C=O) groups excluding carboxylic acids is 1. The third kappa shape index (κ3) is 2.81. The molecule has 0 radical (unpaired) electrons. The zero-order valence-corrected chi connectivity index (χ0v) is 9.53. The number of nitrogens with zero attached hydrogens (tertiary/aromatic N) is 1. The number of hydrogen-bond donors (Lipinski definition) is 2. The van der Waals surface area contributed by atoms with E-state index in [1.807, 2.05) is 6.07 Å². The number of amides is 1. The molecule has 92 valence electrons. The van der Waals surface area contributed by atoms with Gasteiger partial charge in [0, 0.05) is 13.0 Å². The lowest BCUT2D eigenvalue weighted by Gasteiger charge is -2.17. The normalized spacial score (nSPS) is 20.0. The monoisotopic (exact) mass is 237 g/mol. The van der Waals surface area contributed by atoms with E-state index in [9.17, 15) is 9.18 Å². The maximum atomic E-state index is 13.1. The van der Waals surface area contributed by atoms with Crippen molar-refractivity contribution in [2.24, 2.45) is 5.73 Å². The molecule has 1 fully saturated rings. The van der Waals surface area contributed by atoms with E-state index in [-0.39, 0.29) is 17.8 Å². The van der Waals surface area contributed by atoms with E-state index in [1.54, 1.807) is 11.1 Å². The molecule has 1 saturated heterocycles. The number of rotatable bonds is 4. The average Bonchev–Trinajstić information content (AvgIpc) is 2.68. The molecular formula is C12H16FN3O. The Balaban J connectivity index is 2.03. The van der Waals surface area contributed by atoms with Crippen molar-refractivity contribution in [3.05, 3.63) is 35.6 Å². The lowest BCUT2D eigenvalue weighted by molar-refractivity contribution is -0.129. The fourth-order valence-corrected chi connectivity index (χ4v) is 1.94. The summed E-state index contributed by atoms with van der Waals surface area (Å²) in [6.07, 6.45) is 1.13. The molecule has 0 bridgehead atoms. The maximum Gasteiger partial charge on any atom is 0.238 e.